The zero-order chi connectivity index (χ0) is 3.58. The number of carbonyl (C=O) groups is 1. The molecule has 0 aromatic heterocycles. The van der Waals surface area contributed by atoms with E-state index in [1.807, 2.05) is 0 Å². The van der Waals surface area contributed by atoms with Gasteiger partial charge in [0.25, 0.3) is 0 Å². The van der Waals surface area contributed by atoms with E-state index < -0.39 is 6.16 Å². The third-order valence-electron chi connectivity index (χ3n) is 0. The normalized spacial score (nSPS) is 2.67. The van der Waals surface area contributed by atoms with Gasteiger partial charge in [-0.25, -0.2) is 0 Å². The Morgan fingerprint density at radius 3 is 1.22 bits per heavy atom. The Bertz CT molecular complexity index is 42.0. The molecule has 0 aliphatic heterocycles. The van der Waals surface area contributed by atoms with Crippen LogP contribution in [0.5, 0.6) is 0 Å². The van der Waals surface area contributed by atoms with Crippen LogP contribution in [0, 0.1) is 0 Å². The van der Waals surface area contributed by atoms with Gasteiger partial charge in [-0.15, -0.1) is 0 Å². The zero-order valence-corrected chi connectivity index (χ0v) is 13.2. The average Bonchev–Trinajstić information content (AvgIpc) is 0.811. The smallest absolute Gasteiger partial charge is 1.00 e. The second kappa shape index (κ2) is 31.1. The molecule has 0 amide bonds. The number of carboxylic acid groups (broad SMARTS) is 2. The van der Waals surface area contributed by atoms with Crippen LogP contribution in [-0.2, 0) is 0 Å². The first-order valence-corrected chi connectivity index (χ1v) is 0.632. The summed E-state index contributed by atoms with van der Waals surface area (Å²) in [7, 11) is 0. The van der Waals surface area contributed by atoms with Crippen LogP contribution >= 0.6 is 0 Å². The van der Waals surface area contributed by atoms with E-state index in [9.17, 15) is 0 Å². The van der Waals surface area contributed by atoms with Crippen molar-refractivity contribution in [1.82, 2.24) is 0 Å². The van der Waals surface area contributed by atoms with Gasteiger partial charge in [0.2, 0.25) is 6.16 Å². The maximum absolute atomic E-state index is 8.44. The standard InChI is InChI=1S/CH2O3.3ClH.In.K/c2-1(3)4;;;;;/h(H2,2,3,4);3*1H;;/q;;;;+3;+1/p-4. The maximum atomic E-state index is 8.44. The fourth-order valence-electron chi connectivity index (χ4n) is 0. The van der Waals surface area contributed by atoms with Gasteiger partial charge in [-0.1, -0.05) is 0 Å². The van der Waals surface area contributed by atoms with E-state index in [1.165, 1.54) is 0 Å². The van der Waals surface area contributed by atoms with Crippen molar-refractivity contribution in [3.63, 3.8) is 0 Å². The number of rotatable bonds is 0. The predicted molar refractivity (Wildman–Crippen MR) is 13.8 cm³/mol. The van der Waals surface area contributed by atoms with E-state index in [0.29, 0.717) is 0 Å². The summed E-state index contributed by atoms with van der Waals surface area (Å²) in [6.07, 6.45) is -2.08. The van der Waals surface area contributed by atoms with Gasteiger partial charge in [0.05, 0.1) is 0 Å². The summed E-state index contributed by atoms with van der Waals surface area (Å²) in [5.41, 5.74) is 0. The van der Waals surface area contributed by atoms with Crippen LogP contribution in [0.15, 0.2) is 0 Å². The van der Waals surface area contributed by atoms with Crippen molar-refractivity contribution in [2.24, 2.45) is 0 Å². The summed E-state index contributed by atoms with van der Waals surface area (Å²) in [6.45, 7) is 0. The van der Waals surface area contributed by atoms with E-state index in [0.717, 1.165) is 0 Å². The van der Waals surface area contributed by atoms with Crippen LogP contribution in [0.25, 0.3) is 0 Å². The molecule has 0 saturated heterocycles. The molecule has 0 aliphatic carbocycles. The summed E-state index contributed by atoms with van der Waals surface area (Å²) < 4.78 is 0. The van der Waals surface area contributed by atoms with Gasteiger partial charge in [-0.3, -0.25) is 0 Å². The zero-order valence-electron chi connectivity index (χ0n) is 4.47. The number of halogens is 3. The molecule has 0 aliphatic rings. The van der Waals surface area contributed by atoms with Crippen molar-refractivity contribution in [2.75, 3.05) is 0 Å². The third-order valence-corrected chi connectivity index (χ3v) is 0. The van der Waals surface area contributed by atoms with E-state index >= 15 is 0 Å². The van der Waals surface area contributed by atoms with Crippen LogP contribution in [0.3, 0.4) is 0 Å². The molecule has 0 radical (unpaired) electrons. The van der Waals surface area contributed by atoms with Crippen molar-refractivity contribution in [2.45, 2.75) is 0 Å². The number of hydrogen-bond donors (Lipinski definition) is 1. The molecule has 0 aromatic rings. The van der Waals surface area contributed by atoms with Crippen LogP contribution in [0.2, 0.25) is 0 Å². The molecular formula is CHCl3InKO3. The van der Waals surface area contributed by atoms with E-state index in [1.54, 1.807) is 0 Å². The van der Waals surface area contributed by atoms with Crippen molar-refractivity contribution >= 4 is 32.0 Å². The fourth-order valence-corrected chi connectivity index (χ4v) is 0. The van der Waals surface area contributed by atoms with Crippen LogP contribution in [-0.4, -0.2) is 37.1 Å². The van der Waals surface area contributed by atoms with Crippen molar-refractivity contribution in [1.29, 1.82) is 0 Å². The van der Waals surface area contributed by atoms with Crippen molar-refractivity contribution in [3.8, 4) is 0 Å². The van der Waals surface area contributed by atoms with Crippen molar-refractivity contribution < 1.29 is 104 Å². The monoisotopic (exact) mass is 320 g/mol. The largest absolute Gasteiger partial charge is 3.00 e. The van der Waals surface area contributed by atoms with Gasteiger partial charge in [0.15, 0.2) is 0 Å². The van der Waals surface area contributed by atoms with Crippen LogP contribution in [0.1, 0.15) is 0 Å². The van der Waals surface area contributed by atoms with E-state index in [4.69, 9.17) is 15.0 Å². The van der Waals surface area contributed by atoms with Gasteiger partial charge in [0.1, 0.15) is 0 Å². The minimum absolute atomic E-state index is 0. The summed E-state index contributed by atoms with van der Waals surface area (Å²) in [4.78, 5) is 8.44. The maximum Gasteiger partial charge on any atom is 3.00 e. The Morgan fingerprint density at radius 2 is 1.22 bits per heavy atom. The molecule has 48 valence electrons. The molecule has 0 spiro atoms. The minimum Gasteiger partial charge on any atom is -1.00 e. The second-order valence-corrected chi connectivity index (χ2v) is 0.266. The first kappa shape index (κ1) is 41.4. The average molecular weight is 321 g/mol. The molecule has 9 heavy (non-hydrogen) atoms. The summed E-state index contributed by atoms with van der Waals surface area (Å²) in [5, 5.41) is 15.3. The van der Waals surface area contributed by atoms with Gasteiger partial charge in [0, 0.05) is 0 Å². The Labute approximate surface area is 133 Å². The van der Waals surface area contributed by atoms with Gasteiger partial charge < -0.3 is 52.2 Å². The molecule has 0 unspecified atom stereocenters. The molecule has 0 saturated carbocycles. The van der Waals surface area contributed by atoms with Crippen LogP contribution < -0.4 is 93.7 Å². The van der Waals surface area contributed by atoms with Crippen LogP contribution in [0.4, 0.5) is 4.79 Å². The Hall–Kier alpha value is 2.65. The topological polar surface area (TPSA) is 60.4 Å². The first-order chi connectivity index (χ1) is 1.73. The predicted octanol–water partition coefficient (Wildman–Crippen LogP) is -13.5. The molecule has 8 heteroatoms. The Kier molecular flexibility index (Phi) is 143. The SMILES string of the molecule is O=C([O-])O.[Cl-].[Cl-].[Cl-].[In+3].[K+]. The number of hydrogen-bond acceptors (Lipinski definition) is 2. The Morgan fingerprint density at radius 1 is 1.22 bits per heavy atom. The molecular weight excluding hydrogens is 320 g/mol. The molecule has 0 heterocycles. The van der Waals surface area contributed by atoms with Gasteiger partial charge in [-0.2, -0.15) is 0 Å². The second-order valence-electron chi connectivity index (χ2n) is 0.266. The first-order valence-electron chi connectivity index (χ1n) is 0.632. The molecule has 0 rings (SSSR count). The van der Waals surface area contributed by atoms with Gasteiger partial charge >= 0.3 is 77.2 Å². The van der Waals surface area contributed by atoms with E-state index in [-0.39, 0.29) is 114 Å². The fraction of sp³-hybridized carbons (Fsp3) is 0. The summed E-state index contributed by atoms with van der Waals surface area (Å²) in [6, 6.07) is 0. The van der Waals surface area contributed by atoms with Gasteiger partial charge in [-0.05, 0) is 0 Å². The molecule has 0 bridgehead atoms. The molecule has 0 aromatic carbocycles. The molecule has 1 N–H and O–H groups in total. The molecule has 3 nitrogen and oxygen atoms in total. The minimum atomic E-state index is -2.08. The quantitative estimate of drug-likeness (QED) is 0.451. The Balaban J connectivity index is -0.00000000450. The third kappa shape index (κ3) is 114. The van der Waals surface area contributed by atoms with E-state index in [2.05, 4.69) is 0 Å². The summed E-state index contributed by atoms with van der Waals surface area (Å²) >= 11 is 0. The molecule has 0 atom stereocenters. The van der Waals surface area contributed by atoms with Crippen molar-refractivity contribution in [3.05, 3.63) is 0 Å². The summed E-state index contributed by atoms with van der Waals surface area (Å²) in [5.74, 6) is 0. The molecule has 0 fully saturated rings.